The number of rotatable bonds is 6. The minimum Gasteiger partial charge on any atom is -0.481 e. The summed E-state index contributed by atoms with van der Waals surface area (Å²) in [6.07, 6.45) is 4.15. The van der Waals surface area contributed by atoms with Crippen molar-refractivity contribution >= 4 is 5.97 Å². The van der Waals surface area contributed by atoms with Gasteiger partial charge in [-0.25, -0.2) is 0 Å². The summed E-state index contributed by atoms with van der Waals surface area (Å²) in [5.41, 5.74) is 2.45. The van der Waals surface area contributed by atoms with Crippen molar-refractivity contribution in [1.29, 1.82) is 0 Å². The summed E-state index contributed by atoms with van der Waals surface area (Å²) in [6, 6.07) is 8.31. The van der Waals surface area contributed by atoms with Crippen molar-refractivity contribution in [2.45, 2.75) is 39.5 Å². The monoisotopic (exact) mass is 220 g/mol. The van der Waals surface area contributed by atoms with Gasteiger partial charge in [-0.2, -0.15) is 0 Å². The molecule has 1 unspecified atom stereocenters. The van der Waals surface area contributed by atoms with Crippen LogP contribution in [0.4, 0.5) is 0 Å². The number of hydrogen-bond donors (Lipinski definition) is 1. The Balaban J connectivity index is 2.54. The first kappa shape index (κ1) is 12.8. The molecule has 0 aliphatic heterocycles. The van der Waals surface area contributed by atoms with Crippen LogP contribution in [0.1, 0.15) is 37.8 Å². The molecule has 16 heavy (non-hydrogen) atoms. The fourth-order valence-electron chi connectivity index (χ4n) is 1.66. The standard InChI is InChI=1S/C14H20O2/c1-3-4-5-12-6-8-13(9-7-12)10-11(2)14(15)16/h6-9,11H,3-5,10H2,1-2H3,(H,15,16). The molecule has 0 fully saturated rings. The lowest BCUT2D eigenvalue weighted by Crippen LogP contribution is -2.12. The zero-order valence-electron chi connectivity index (χ0n) is 10.1. The van der Waals surface area contributed by atoms with E-state index in [1.165, 1.54) is 18.4 Å². The number of carboxylic acids is 1. The number of carboxylic acid groups (broad SMARTS) is 1. The highest BCUT2D eigenvalue weighted by atomic mass is 16.4. The molecule has 1 aromatic rings. The van der Waals surface area contributed by atoms with Crippen molar-refractivity contribution in [3.8, 4) is 0 Å². The second kappa shape index (κ2) is 6.31. The van der Waals surface area contributed by atoms with E-state index < -0.39 is 5.97 Å². The number of hydrogen-bond acceptors (Lipinski definition) is 1. The largest absolute Gasteiger partial charge is 0.481 e. The van der Waals surface area contributed by atoms with E-state index in [1.54, 1.807) is 6.92 Å². The summed E-state index contributed by atoms with van der Waals surface area (Å²) in [5, 5.41) is 8.81. The lowest BCUT2D eigenvalue weighted by Gasteiger charge is -2.07. The van der Waals surface area contributed by atoms with Crippen LogP contribution in [0, 0.1) is 5.92 Å². The first-order chi connectivity index (χ1) is 7.63. The van der Waals surface area contributed by atoms with Crippen LogP contribution in [-0.4, -0.2) is 11.1 Å². The van der Waals surface area contributed by atoms with Crippen LogP contribution in [0.3, 0.4) is 0 Å². The maximum absolute atomic E-state index is 10.7. The fourth-order valence-corrected chi connectivity index (χ4v) is 1.66. The van der Waals surface area contributed by atoms with E-state index in [1.807, 2.05) is 12.1 Å². The molecule has 0 radical (unpaired) electrons. The number of unbranched alkanes of at least 4 members (excludes halogenated alkanes) is 1. The Hall–Kier alpha value is -1.31. The third-order valence-corrected chi connectivity index (χ3v) is 2.81. The summed E-state index contributed by atoms with van der Waals surface area (Å²) in [6.45, 7) is 3.93. The molecule has 1 aromatic carbocycles. The molecule has 0 aliphatic rings. The van der Waals surface area contributed by atoms with Crippen LogP contribution >= 0.6 is 0 Å². The molecule has 2 nitrogen and oxygen atoms in total. The minimum absolute atomic E-state index is 0.304. The van der Waals surface area contributed by atoms with Crippen molar-refractivity contribution in [2.75, 3.05) is 0 Å². The zero-order valence-corrected chi connectivity index (χ0v) is 10.1. The third kappa shape index (κ3) is 4.05. The molecule has 0 saturated heterocycles. The Labute approximate surface area is 97.3 Å². The van der Waals surface area contributed by atoms with E-state index in [-0.39, 0.29) is 5.92 Å². The Morgan fingerprint density at radius 2 is 1.81 bits per heavy atom. The quantitative estimate of drug-likeness (QED) is 0.798. The second-order valence-corrected chi connectivity index (χ2v) is 4.36. The highest BCUT2D eigenvalue weighted by Gasteiger charge is 2.11. The molecular formula is C14H20O2. The molecule has 0 aromatic heterocycles. The van der Waals surface area contributed by atoms with Crippen molar-refractivity contribution < 1.29 is 9.90 Å². The highest BCUT2D eigenvalue weighted by Crippen LogP contribution is 2.12. The average molecular weight is 220 g/mol. The first-order valence-corrected chi connectivity index (χ1v) is 5.94. The van der Waals surface area contributed by atoms with Gasteiger partial charge in [0.25, 0.3) is 0 Å². The number of carbonyl (C=O) groups is 1. The summed E-state index contributed by atoms with van der Waals surface area (Å²) >= 11 is 0. The van der Waals surface area contributed by atoms with Crippen LogP contribution in [0.2, 0.25) is 0 Å². The van der Waals surface area contributed by atoms with Crippen molar-refractivity contribution in [3.05, 3.63) is 35.4 Å². The molecule has 2 heteroatoms. The van der Waals surface area contributed by atoms with Gasteiger partial charge in [-0.3, -0.25) is 4.79 Å². The van der Waals surface area contributed by atoms with Crippen molar-refractivity contribution in [2.24, 2.45) is 5.92 Å². The Morgan fingerprint density at radius 1 is 1.25 bits per heavy atom. The van der Waals surface area contributed by atoms with Gasteiger partial charge >= 0.3 is 5.97 Å². The van der Waals surface area contributed by atoms with Gasteiger partial charge in [-0.1, -0.05) is 44.5 Å². The third-order valence-electron chi connectivity index (χ3n) is 2.81. The van der Waals surface area contributed by atoms with Crippen LogP contribution in [0.15, 0.2) is 24.3 Å². The van der Waals surface area contributed by atoms with Crippen LogP contribution < -0.4 is 0 Å². The average Bonchev–Trinajstić information content (AvgIpc) is 2.28. The molecule has 1 N–H and O–H groups in total. The minimum atomic E-state index is -0.727. The Bertz CT molecular complexity index is 327. The van der Waals surface area contributed by atoms with E-state index in [4.69, 9.17) is 5.11 Å². The molecule has 0 bridgehead atoms. The predicted octanol–water partition coefficient (Wildman–Crippen LogP) is 3.29. The Kier molecular flexibility index (Phi) is 5.03. The van der Waals surface area contributed by atoms with Gasteiger partial charge in [0.2, 0.25) is 0 Å². The molecule has 0 heterocycles. The molecule has 1 atom stereocenters. The number of benzene rings is 1. The summed E-state index contributed by atoms with van der Waals surface area (Å²) in [4.78, 5) is 10.7. The molecule has 0 spiro atoms. The number of aryl methyl sites for hydroxylation is 1. The van der Waals surface area contributed by atoms with Crippen LogP contribution in [0.5, 0.6) is 0 Å². The molecule has 1 rings (SSSR count). The predicted molar refractivity (Wildman–Crippen MR) is 65.6 cm³/mol. The SMILES string of the molecule is CCCCc1ccc(CC(C)C(=O)O)cc1. The topological polar surface area (TPSA) is 37.3 Å². The molecule has 0 amide bonds. The van der Waals surface area contributed by atoms with Gasteiger partial charge in [0.1, 0.15) is 0 Å². The second-order valence-electron chi connectivity index (χ2n) is 4.36. The lowest BCUT2D eigenvalue weighted by molar-refractivity contribution is -0.141. The van der Waals surface area contributed by atoms with Gasteiger partial charge in [0, 0.05) is 0 Å². The zero-order chi connectivity index (χ0) is 12.0. The van der Waals surface area contributed by atoms with E-state index in [0.29, 0.717) is 6.42 Å². The van der Waals surface area contributed by atoms with E-state index in [9.17, 15) is 4.79 Å². The van der Waals surface area contributed by atoms with Gasteiger partial charge in [-0.05, 0) is 30.4 Å². The van der Waals surface area contributed by atoms with E-state index in [0.717, 1.165) is 12.0 Å². The van der Waals surface area contributed by atoms with Gasteiger partial charge in [-0.15, -0.1) is 0 Å². The van der Waals surface area contributed by atoms with E-state index >= 15 is 0 Å². The lowest BCUT2D eigenvalue weighted by atomic mass is 9.99. The van der Waals surface area contributed by atoms with Gasteiger partial charge in [0.05, 0.1) is 5.92 Å². The fraction of sp³-hybridized carbons (Fsp3) is 0.500. The van der Waals surface area contributed by atoms with Crippen molar-refractivity contribution in [3.63, 3.8) is 0 Å². The molecule has 0 saturated carbocycles. The maximum Gasteiger partial charge on any atom is 0.306 e. The van der Waals surface area contributed by atoms with Gasteiger partial charge < -0.3 is 5.11 Å². The Morgan fingerprint density at radius 3 is 2.31 bits per heavy atom. The van der Waals surface area contributed by atoms with Crippen LogP contribution in [0.25, 0.3) is 0 Å². The number of aliphatic carboxylic acids is 1. The summed E-state index contributed by atoms with van der Waals surface area (Å²) < 4.78 is 0. The van der Waals surface area contributed by atoms with Crippen molar-refractivity contribution in [1.82, 2.24) is 0 Å². The first-order valence-electron chi connectivity index (χ1n) is 5.94. The van der Waals surface area contributed by atoms with Crippen LogP contribution in [-0.2, 0) is 17.6 Å². The highest BCUT2D eigenvalue weighted by molar-refractivity contribution is 5.69. The molecule has 0 aliphatic carbocycles. The van der Waals surface area contributed by atoms with E-state index in [2.05, 4.69) is 19.1 Å². The molecule has 88 valence electrons. The van der Waals surface area contributed by atoms with Gasteiger partial charge in [0.15, 0.2) is 0 Å². The maximum atomic E-state index is 10.7. The summed E-state index contributed by atoms with van der Waals surface area (Å²) in [7, 11) is 0. The smallest absolute Gasteiger partial charge is 0.306 e. The summed E-state index contributed by atoms with van der Waals surface area (Å²) in [5.74, 6) is -1.03. The normalized spacial score (nSPS) is 12.4. The molecular weight excluding hydrogens is 200 g/mol.